The van der Waals surface area contributed by atoms with Crippen molar-refractivity contribution in [3.63, 3.8) is 0 Å². The number of hydrogen-bond donors (Lipinski definition) is 1. The second kappa shape index (κ2) is 6.85. The molecule has 10 nitrogen and oxygen atoms in total. The summed E-state index contributed by atoms with van der Waals surface area (Å²) in [7, 11) is 2.90. The molecule has 4 rings (SSSR count). The number of nitrogens with zero attached hydrogens (tertiary/aromatic N) is 6. The van der Waals surface area contributed by atoms with Crippen LogP contribution >= 0.6 is 11.3 Å². The van der Waals surface area contributed by atoms with Crippen LogP contribution in [0.5, 0.6) is 0 Å². The number of aromatic nitrogens is 6. The highest BCUT2D eigenvalue weighted by Gasteiger charge is 2.17. The van der Waals surface area contributed by atoms with Crippen LogP contribution in [0.2, 0.25) is 0 Å². The summed E-state index contributed by atoms with van der Waals surface area (Å²) in [5.41, 5.74) is 0.330. The molecule has 0 spiro atoms. The van der Waals surface area contributed by atoms with E-state index < -0.39 is 11.2 Å². The van der Waals surface area contributed by atoms with Gasteiger partial charge in [0.1, 0.15) is 11.6 Å². The highest BCUT2D eigenvalue weighted by atomic mass is 32.1. The zero-order valence-electron chi connectivity index (χ0n) is 15.0. The fourth-order valence-corrected chi connectivity index (χ4v) is 3.57. The second-order valence-corrected chi connectivity index (χ2v) is 7.05. The Hall–Kier alpha value is -3.60. The highest BCUT2D eigenvalue weighted by Crippen LogP contribution is 2.25. The van der Waals surface area contributed by atoms with Gasteiger partial charge in [0.15, 0.2) is 11.2 Å². The molecule has 0 saturated carbocycles. The number of carbonyl (C=O) groups is 1. The predicted molar refractivity (Wildman–Crippen MR) is 104 cm³/mol. The number of rotatable bonds is 4. The minimum absolute atomic E-state index is 0.149. The van der Waals surface area contributed by atoms with Gasteiger partial charge in [-0.1, -0.05) is 41.7 Å². The summed E-state index contributed by atoms with van der Waals surface area (Å²) in [6.07, 6.45) is 1.36. The second-order valence-electron chi connectivity index (χ2n) is 6.08. The van der Waals surface area contributed by atoms with Gasteiger partial charge in [-0.2, -0.15) is 0 Å². The normalized spacial score (nSPS) is 11.1. The lowest BCUT2D eigenvalue weighted by Gasteiger charge is -2.06. The first-order valence-electron chi connectivity index (χ1n) is 8.25. The Morgan fingerprint density at radius 1 is 1.11 bits per heavy atom. The predicted octanol–water partition coefficient (Wildman–Crippen LogP) is 0.591. The first-order valence-corrected chi connectivity index (χ1v) is 9.07. The monoisotopic (exact) mass is 397 g/mol. The van der Waals surface area contributed by atoms with Gasteiger partial charge >= 0.3 is 5.69 Å². The molecule has 4 aromatic rings. The number of fused-ring (bicyclic) bond motifs is 1. The molecule has 0 aliphatic rings. The van der Waals surface area contributed by atoms with Gasteiger partial charge < -0.3 is 4.57 Å². The van der Waals surface area contributed by atoms with E-state index >= 15 is 0 Å². The molecule has 1 N–H and O–H groups in total. The van der Waals surface area contributed by atoms with Gasteiger partial charge in [0.05, 0.1) is 6.33 Å². The van der Waals surface area contributed by atoms with Gasteiger partial charge in [0.25, 0.3) is 5.56 Å². The number of aryl methyl sites for hydroxylation is 1. The van der Waals surface area contributed by atoms with E-state index in [1.165, 1.54) is 40.9 Å². The van der Waals surface area contributed by atoms with Crippen LogP contribution in [0, 0.1) is 0 Å². The van der Waals surface area contributed by atoms with Crippen LogP contribution in [0.15, 0.2) is 46.2 Å². The Morgan fingerprint density at radius 3 is 2.61 bits per heavy atom. The highest BCUT2D eigenvalue weighted by molar-refractivity contribution is 7.18. The molecule has 0 atom stereocenters. The van der Waals surface area contributed by atoms with Crippen LogP contribution in [-0.4, -0.2) is 34.8 Å². The lowest BCUT2D eigenvalue weighted by Crippen LogP contribution is -2.37. The Labute approximate surface area is 161 Å². The first-order chi connectivity index (χ1) is 13.5. The number of anilines is 1. The zero-order chi connectivity index (χ0) is 19.8. The van der Waals surface area contributed by atoms with E-state index in [1.807, 2.05) is 30.3 Å². The third-order valence-corrected chi connectivity index (χ3v) is 5.11. The van der Waals surface area contributed by atoms with E-state index in [9.17, 15) is 14.4 Å². The number of carbonyl (C=O) groups excluding carboxylic acids is 1. The molecule has 0 bridgehead atoms. The summed E-state index contributed by atoms with van der Waals surface area (Å²) >= 11 is 1.25. The molecule has 0 radical (unpaired) electrons. The Morgan fingerprint density at radius 2 is 1.86 bits per heavy atom. The molecule has 0 aliphatic heterocycles. The van der Waals surface area contributed by atoms with Crippen LogP contribution in [-0.2, 0) is 25.4 Å². The molecule has 11 heteroatoms. The molecule has 0 fully saturated rings. The maximum Gasteiger partial charge on any atom is 0.332 e. The largest absolute Gasteiger partial charge is 0.332 e. The van der Waals surface area contributed by atoms with E-state index in [0.29, 0.717) is 10.1 Å². The maximum absolute atomic E-state index is 12.4. The summed E-state index contributed by atoms with van der Waals surface area (Å²) in [5.74, 6) is -0.383. The molecule has 0 unspecified atom stereocenters. The Kier molecular flexibility index (Phi) is 4.35. The third-order valence-electron chi connectivity index (χ3n) is 4.22. The molecule has 1 aromatic carbocycles. The number of imidazole rings is 1. The average molecular weight is 397 g/mol. The molecule has 142 valence electrons. The van der Waals surface area contributed by atoms with Crippen LogP contribution in [0.3, 0.4) is 0 Å². The van der Waals surface area contributed by atoms with Crippen molar-refractivity contribution in [2.75, 3.05) is 5.32 Å². The van der Waals surface area contributed by atoms with Crippen LogP contribution in [0.1, 0.15) is 0 Å². The molecular weight excluding hydrogens is 382 g/mol. The van der Waals surface area contributed by atoms with Crippen molar-refractivity contribution in [1.82, 2.24) is 28.9 Å². The minimum atomic E-state index is -0.509. The number of nitrogens with one attached hydrogen (secondary N) is 1. The fourth-order valence-electron chi connectivity index (χ4n) is 2.80. The molecule has 1 amide bonds. The van der Waals surface area contributed by atoms with Crippen molar-refractivity contribution >= 4 is 33.5 Å². The van der Waals surface area contributed by atoms with E-state index in [0.717, 1.165) is 10.1 Å². The van der Waals surface area contributed by atoms with Gasteiger partial charge in [-0.3, -0.25) is 24.0 Å². The van der Waals surface area contributed by atoms with E-state index in [2.05, 4.69) is 20.5 Å². The zero-order valence-corrected chi connectivity index (χ0v) is 15.8. The van der Waals surface area contributed by atoms with Crippen LogP contribution in [0.25, 0.3) is 21.7 Å². The molecule has 3 aromatic heterocycles. The summed E-state index contributed by atoms with van der Waals surface area (Å²) < 4.78 is 3.66. The Bertz CT molecular complexity index is 1300. The average Bonchev–Trinajstić information content (AvgIpc) is 3.33. The fraction of sp³-hybridized carbons (Fsp3) is 0.176. The SMILES string of the molecule is Cn1c(=O)c2c(ncn2CC(=O)Nc2nnc(-c3ccccc3)s2)n(C)c1=O. The number of benzene rings is 1. The topological polar surface area (TPSA) is 117 Å². The Balaban J connectivity index is 1.58. The molecule has 28 heavy (non-hydrogen) atoms. The maximum atomic E-state index is 12.4. The van der Waals surface area contributed by atoms with E-state index in [4.69, 9.17) is 0 Å². The molecule has 0 saturated heterocycles. The van der Waals surface area contributed by atoms with Gasteiger partial charge in [-0.15, -0.1) is 10.2 Å². The summed E-state index contributed by atoms with van der Waals surface area (Å²) in [5, 5.41) is 11.8. The van der Waals surface area contributed by atoms with Crippen LogP contribution in [0.4, 0.5) is 5.13 Å². The molecule has 0 aliphatic carbocycles. The number of hydrogen-bond acceptors (Lipinski definition) is 7. The lowest BCUT2D eigenvalue weighted by atomic mass is 10.2. The number of amides is 1. The molecular formula is C17H15N7O3S. The van der Waals surface area contributed by atoms with E-state index in [-0.39, 0.29) is 23.6 Å². The summed E-state index contributed by atoms with van der Waals surface area (Å²) in [4.78, 5) is 40.9. The van der Waals surface area contributed by atoms with E-state index in [1.54, 1.807) is 0 Å². The third kappa shape index (κ3) is 3.01. The van der Waals surface area contributed by atoms with Gasteiger partial charge in [-0.25, -0.2) is 9.78 Å². The van der Waals surface area contributed by atoms with Crippen molar-refractivity contribution in [3.05, 3.63) is 57.5 Å². The first kappa shape index (κ1) is 17.8. The van der Waals surface area contributed by atoms with Gasteiger partial charge in [0, 0.05) is 19.7 Å². The summed E-state index contributed by atoms with van der Waals surface area (Å²) in [6.45, 7) is -0.149. The summed E-state index contributed by atoms with van der Waals surface area (Å²) in [6, 6.07) is 9.51. The lowest BCUT2D eigenvalue weighted by molar-refractivity contribution is -0.116. The standard InChI is InChI=1S/C17H15N7O3S/c1-22-13-12(15(26)23(2)17(22)27)24(9-18-13)8-11(25)19-16-21-20-14(28-16)10-6-4-3-5-7-10/h3-7,9H,8H2,1-2H3,(H,19,21,25). The van der Waals surface area contributed by atoms with Gasteiger partial charge in [-0.05, 0) is 0 Å². The van der Waals surface area contributed by atoms with Crippen molar-refractivity contribution in [2.45, 2.75) is 6.54 Å². The smallest absolute Gasteiger partial charge is 0.315 e. The molecule has 3 heterocycles. The minimum Gasteiger partial charge on any atom is -0.315 e. The van der Waals surface area contributed by atoms with Crippen molar-refractivity contribution in [3.8, 4) is 10.6 Å². The van der Waals surface area contributed by atoms with Crippen molar-refractivity contribution in [2.24, 2.45) is 14.1 Å². The van der Waals surface area contributed by atoms with Gasteiger partial charge in [0.2, 0.25) is 11.0 Å². The van der Waals surface area contributed by atoms with Crippen molar-refractivity contribution < 1.29 is 4.79 Å². The quantitative estimate of drug-likeness (QED) is 0.539. The van der Waals surface area contributed by atoms with Crippen molar-refractivity contribution in [1.29, 1.82) is 0 Å². The van der Waals surface area contributed by atoms with Crippen LogP contribution < -0.4 is 16.6 Å².